The van der Waals surface area contributed by atoms with Crippen LogP contribution in [0.1, 0.15) is 27.2 Å². The third-order valence-electron chi connectivity index (χ3n) is 2.96. The highest BCUT2D eigenvalue weighted by atomic mass is 16.5. The molecule has 0 aromatic rings. The van der Waals surface area contributed by atoms with Gasteiger partial charge in [-0.05, 0) is 27.2 Å². The van der Waals surface area contributed by atoms with E-state index in [-0.39, 0.29) is 23.7 Å². The molecule has 1 aliphatic rings. The molecule has 0 bridgehead atoms. The van der Waals surface area contributed by atoms with Gasteiger partial charge in [0.1, 0.15) is 0 Å². The number of ether oxygens (including phenoxy) is 2. The van der Waals surface area contributed by atoms with E-state index >= 15 is 0 Å². The minimum absolute atomic E-state index is 0.0253. The lowest BCUT2D eigenvalue weighted by Crippen LogP contribution is -2.46. The molecule has 2 N–H and O–H groups in total. The highest BCUT2D eigenvalue weighted by Gasteiger charge is 2.30. The molecule has 0 aromatic carbocycles. The Morgan fingerprint density at radius 3 is 2.76 bits per heavy atom. The zero-order valence-corrected chi connectivity index (χ0v) is 11.2. The van der Waals surface area contributed by atoms with Crippen LogP contribution in [0, 0.1) is 0 Å². The number of carbonyl (C=O) groups excluding carboxylic acids is 1. The van der Waals surface area contributed by atoms with Gasteiger partial charge in [0.15, 0.2) is 0 Å². The lowest BCUT2D eigenvalue weighted by molar-refractivity contribution is -0.124. The van der Waals surface area contributed by atoms with Gasteiger partial charge < -0.3 is 20.1 Å². The largest absolute Gasteiger partial charge is 0.380 e. The summed E-state index contributed by atoms with van der Waals surface area (Å²) in [6, 6.07) is -0.141. The normalized spacial score (nSPS) is 24.9. The highest BCUT2D eigenvalue weighted by Crippen LogP contribution is 2.11. The summed E-state index contributed by atoms with van der Waals surface area (Å²) in [4.78, 5) is 11.9. The Morgan fingerprint density at radius 2 is 2.24 bits per heavy atom. The molecule has 2 atom stereocenters. The second-order valence-electron chi connectivity index (χ2n) is 4.96. The van der Waals surface area contributed by atoms with E-state index < -0.39 is 0 Å². The first-order valence-electron chi connectivity index (χ1n) is 6.16. The fraction of sp³-hybridized carbons (Fsp3) is 0.917. The van der Waals surface area contributed by atoms with Gasteiger partial charge in [0.25, 0.3) is 0 Å². The fourth-order valence-corrected chi connectivity index (χ4v) is 1.95. The maximum absolute atomic E-state index is 11.9. The molecule has 1 heterocycles. The van der Waals surface area contributed by atoms with Crippen LogP contribution >= 0.6 is 0 Å². The van der Waals surface area contributed by atoms with Crippen LogP contribution in [-0.4, -0.2) is 50.5 Å². The number of amides is 1. The van der Waals surface area contributed by atoms with Gasteiger partial charge >= 0.3 is 0 Å². The Hall–Kier alpha value is -0.650. The van der Waals surface area contributed by atoms with Crippen LogP contribution in [-0.2, 0) is 14.3 Å². The maximum atomic E-state index is 11.9. The smallest absolute Gasteiger partial charge is 0.237 e. The van der Waals surface area contributed by atoms with Gasteiger partial charge in [0.05, 0.1) is 17.7 Å². The maximum Gasteiger partial charge on any atom is 0.237 e. The minimum atomic E-state index is -0.316. The third-order valence-corrected chi connectivity index (χ3v) is 2.96. The second-order valence-corrected chi connectivity index (χ2v) is 4.96. The van der Waals surface area contributed by atoms with Crippen molar-refractivity contribution in [3.8, 4) is 0 Å². The van der Waals surface area contributed by atoms with Crippen LogP contribution in [0.3, 0.4) is 0 Å². The molecule has 1 amide bonds. The van der Waals surface area contributed by atoms with Crippen molar-refractivity contribution in [2.24, 2.45) is 0 Å². The summed E-state index contributed by atoms with van der Waals surface area (Å²) in [7, 11) is 1.67. The molecular weight excluding hydrogens is 220 g/mol. The predicted molar refractivity (Wildman–Crippen MR) is 65.9 cm³/mol. The van der Waals surface area contributed by atoms with Crippen LogP contribution < -0.4 is 10.6 Å². The van der Waals surface area contributed by atoms with Crippen molar-refractivity contribution in [2.45, 2.75) is 44.9 Å². The summed E-state index contributed by atoms with van der Waals surface area (Å²) < 4.78 is 10.7. The van der Waals surface area contributed by atoms with Gasteiger partial charge in [-0.2, -0.15) is 0 Å². The average molecular weight is 244 g/mol. The van der Waals surface area contributed by atoms with Gasteiger partial charge in [-0.3, -0.25) is 4.79 Å². The van der Waals surface area contributed by atoms with Crippen molar-refractivity contribution >= 4 is 5.91 Å². The molecule has 1 saturated heterocycles. The summed E-state index contributed by atoms with van der Waals surface area (Å²) in [5, 5.41) is 6.06. The first kappa shape index (κ1) is 14.4. The molecule has 100 valence electrons. The molecule has 1 fully saturated rings. The van der Waals surface area contributed by atoms with E-state index in [0.717, 1.165) is 13.0 Å². The number of hydrogen-bond donors (Lipinski definition) is 2. The number of rotatable bonds is 6. The Bertz CT molecular complexity index is 256. The zero-order chi connectivity index (χ0) is 12.9. The molecule has 0 spiro atoms. The number of nitrogens with one attached hydrogen (secondary N) is 2. The van der Waals surface area contributed by atoms with Crippen molar-refractivity contribution in [2.75, 3.05) is 26.8 Å². The monoisotopic (exact) mass is 244 g/mol. The number of methoxy groups -OCH3 is 1. The predicted octanol–water partition coefficient (Wildman–Crippen LogP) is 0.295. The molecular formula is C12H24N2O3. The van der Waals surface area contributed by atoms with Gasteiger partial charge in [-0.1, -0.05) is 0 Å². The standard InChI is InChI=1S/C12H24N2O3/c1-5-17-12(2,3)8-14-11(15)10-6-9(16-4)7-13-10/h9-10,13H,5-8H2,1-4H3,(H,14,15). The molecule has 17 heavy (non-hydrogen) atoms. The van der Waals surface area contributed by atoms with Crippen molar-refractivity contribution in [1.82, 2.24) is 10.6 Å². The second kappa shape index (κ2) is 6.33. The Balaban J connectivity index is 2.30. The lowest BCUT2D eigenvalue weighted by atomic mass is 10.1. The van der Waals surface area contributed by atoms with Crippen molar-refractivity contribution < 1.29 is 14.3 Å². The minimum Gasteiger partial charge on any atom is -0.380 e. The summed E-state index contributed by atoms with van der Waals surface area (Å²) in [6.07, 6.45) is 0.878. The van der Waals surface area contributed by atoms with E-state index in [9.17, 15) is 4.79 Å². The molecule has 5 nitrogen and oxygen atoms in total. The molecule has 0 saturated carbocycles. The van der Waals surface area contributed by atoms with Gasteiger partial charge in [0.2, 0.25) is 5.91 Å². The summed E-state index contributed by atoms with van der Waals surface area (Å²) in [5.74, 6) is 0.0253. The molecule has 2 unspecified atom stereocenters. The van der Waals surface area contributed by atoms with Crippen molar-refractivity contribution in [3.05, 3.63) is 0 Å². The van der Waals surface area contributed by atoms with E-state index in [1.807, 2.05) is 20.8 Å². The Labute approximate surface area is 103 Å². The van der Waals surface area contributed by atoms with E-state index in [1.165, 1.54) is 0 Å². The van der Waals surface area contributed by atoms with E-state index in [4.69, 9.17) is 9.47 Å². The highest BCUT2D eigenvalue weighted by molar-refractivity contribution is 5.82. The fourth-order valence-electron chi connectivity index (χ4n) is 1.95. The summed E-state index contributed by atoms with van der Waals surface area (Å²) in [6.45, 7) is 7.80. The van der Waals surface area contributed by atoms with Gasteiger partial charge in [0, 0.05) is 26.8 Å². The SMILES string of the molecule is CCOC(C)(C)CNC(=O)C1CC(OC)CN1. The summed E-state index contributed by atoms with van der Waals surface area (Å²) in [5.41, 5.74) is -0.316. The third kappa shape index (κ3) is 4.61. The van der Waals surface area contributed by atoms with Crippen LogP contribution in [0.15, 0.2) is 0 Å². The zero-order valence-electron chi connectivity index (χ0n) is 11.2. The molecule has 1 rings (SSSR count). The van der Waals surface area contributed by atoms with Crippen LogP contribution in [0.4, 0.5) is 0 Å². The van der Waals surface area contributed by atoms with Crippen LogP contribution in [0.25, 0.3) is 0 Å². The van der Waals surface area contributed by atoms with Gasteiger partial charge in [-0.15, -0.1) is 0 Å². The quantitative estimate of drug-likeness (QED) is 0.705. The molecule has 0 radical (unpaired) electrons. The first-order valence-corrected chi connectivity index (χ1v) is 6.16. The molecule has 0 aromatic heterocycles. The molecule has 5 heteroatoms. The van der Waals surface area contributed by atoms with Crippen LogP contribution in [0.5, 0.6) is 0 Å². The van der Waals surface area contributed by atoms with Crippen molar-refractivity contribution in [1.29, 1.82) is 0 Å². The van der Waals surface area contributed by atoms with Gasteiger partial charge in [-0.25, -0.2) is 0 Å². The van der Waals surface area contributed by atoms with E-state index in [1.54, 1.807) is 7.11 Å². The number of carbonyl (C=O) groups is 1. The lowest BCUT2D eigenvalue weighted by Gasteiger charge is -2.25. The Morgan fingerprint density at radius 1 is 1.53 bits per heavy atom. The Kier molecular flexibility index (Phi) is 5.36. The molecule has 0 aliphatic carbocycles. The van der Waals surface area contributed by atoms with E-state index in [2.05, 4.69) is 10.6 Å². The average Bonchev–Trinajstić information content (AvgIpc) is 2.74. The molecule has 1 aliphatic heterocycles. The number of hydrogen-bond acceptors (Lipinski definition) is 4. The van der Waals surface area contributed by atoms with Crippen molar-refractivity contribution in [3.63, 3.8) is 0 Å². The summed E-state index contributed by atoms with van der Waals surface area (Å²) >= 11 is 0. The topological polar surface area (TPSA) is 59.6 Å². The first-order chi connectivity index (χ1) is 7.98. The van der Waals surface area contributed by atoms with Crippen LogP contribution in [0.2, 0.25) is 0 Å². The van der Waals surface area contributed by atoms with E-state index in [0.29, 0.717) is 13.2 Å².